The van der Waals surface area contributed by atoms with Crippen LogP contribution in [0.3, 0.4) is 0 Å². The molecule has 0 saturated heterocycles. The molecular formula is C22H23F3N2O2. The topological polar surface area (TPSA) is 58.2 Å². The zero-order valence-electron chi connectivity index (χ0n) is 15.9. The summed E-state index contributed by atoms with van der Waals surface area (Å²) in [6.07, 6.45) is -0.739. The molecule has 29 heavy (non-hydrogen) atoms. The number of fused-ring (bicyclic) bond motifs is 1. The Hall–Kier alpha value is -2.83. The quantitative estimate of drug-likeness (QED) is 0.701. The predicted octanol–water partition coefficient (Wildman–Crippen LogP) is 4.41. The lowest BCUT2D eigenvalue weighted by molar-refractivity contribution is -0.137. The van der Waals surface area contributed by atoms with Crippen molar-refractivity contribution in [3.05, 3.63) is 70.8 Å². The van der Waals surface area contributed by atoms with Gasteiger partial charge in [0.25, 0.3) is 5.91 Å². The highest BCUT2D eigenvalue weighted by atomic mass is 19.4. The fourth-order valence-corrected chi connectivity index (χ4v) is 3.53. The number of carbonyl (C=O) groups is 2. The highest BCUT2D eigenvalue weighted by Gasteiger charge is 2.30. The molecule has 0 unspecified atom stereocenters. The zero-order chi connectivity index (χ0) is 20.9. The van der Waals surface area contributed by atoms with E-state index in [1.807, 2.05) is 18.2 Å². The van der Waals surface area contributed by atoms with Gasteiger partial charge in [-0.15, -0.1) is 0 Å². The lowest BCUT2D eigenvalue weighted by Gasteiger charge is -2.26. The molecule has 0 spiro atoms. The Morgan fingerprint density at radius 3 is 2.48 bits per heavy atom. The number of benzene rings is 2. The Morgan fingerprint density at radius 2 is 1.76 bits per heavy atom. The van der Waals surface area contributed by atoms with Crippen LogP contribution in [0.4, 0.5) is 13.2 Å². The van der Waals surface area contributed by atoms with E-state index in [9.17, 15) is 22.8 Å². The van der Waals surface area contributed by atoms with Crippen LogP contribution in [0, 0.1) is 0 Å². The van der Waals surface area contributed by atoms with Crippen molar-refractivity contribution < 1.29 is 22.8 Å². The first-order valence-corrected chi connectivity index (χ1v) is 9.67. The lowest BCUT2D eigenvalue weighted by Crippen LogP contribution is -2.32. The van der Waals surface area contributed by atoms with Crippen LogP contribution < -0.4 is 10.6 Å². The molecule has 0 fully saturated rings. The number of rotatable bonds is 6. The molecule has 2 N–H and O–H groups in total. The minimum absolute atomic E-state index is 0.0224. The van der Waals surface area contributed by atoms with Gasteiger partial charge >= 0.3 is 6.18 Å². The number of amides is 2. The summed E-state index contributed by atoms with van der Waals surface area (Å²) in [6, 6.07) is 12.2. The molecule has 1 atom stereocenters. The number of hydrogen-bond acceptors (Lipinski definition) is 2. The normalized spacial score (nSPS) is 16.0. The van der Waals surface area contributed by atoms with Crippen LogP contribution in [0.5, 0.6) is 0 Å². The monoisotopic (exact) mass is 404 g/mol. The number of carbonyl (C=O) groups excluding carboxylic acids is 2. The molecule has 2 amide bonds. The molecule has 0 aliphatic heterocycles. The molecule has 0 saturated carbocycles. The van der Waals surface area contributed by atoms with E-state index >= 15 is 0 Å². The first-order chi connectivity index (χ1) is 13.8. The third kappa shape index (κ3) is 5.59. The summed E-state index contributed by atoms with van der Waals surface area (Å²) < 4.78 is 37.7. The molecule has 2 aromatic carbocycles. The smallest absolute Gasteiger partial charge is 0.352 e. The van der Waals surface area contributed by atoms with Gasteiger partial charge in [-0.05, 0) is 61.1 Å². The van der Waals surface area contributed by atoms with Crippen molar-refractivity contribution in [2.45, 2.75) is 44.3 Å². The second-order valence-corrected chi connectivity index (χ2v) is 7.15. The van der Waals surface area contributed by atoms with Gasteiger partial charge in [0, 0.05) is 18.5 Å². The second kappa shape index (κ2) is 9.11. The molecule has 0 bridgehead atoms. The lowest BCUT2D eigenvalue weighted by atomic mass is 9.87. The Balaban J connectivity index is 1.41. The minimum atomic E-state index is -4.43. The van der Waals surface area contributed by atoms with Gasteiger partial charge in [0.15, 0.2) is 0 Å². The van der Waals surface area contributed by atoms with E-state index in [4.69, 9.17) is 0 Å². The summed E-state index contributed by atoms with van der Waals surface area (Å²) in [4.78, 5) is 24.2. The van der Waals surface area contributed by atoms with E-state index in [0.717, 1.165) is 43.5 Å². The molecule has 7 heteroatoms. The number of aryl methyl sites for hydroxylation is 1. The molecule has 1 aliphatic carbocycles. The summed E-state index contributed by atoms with van der Waals surface area (Å²) in [6.45, 7) is 0.272. The van der Waals surface area contributed by atoms with Crippen molar-refractivity contribution in [1.82, 2.24) is 10.6 Å². The molecule has 2 aromatic rings. The molecular weight excluding hydrogens is 381 g/mol. The maximum Gasteiger partial charge on any atom is 0.416 e. The predicted molar refractivity (Wildman–Crippen MR) is 103 cm³/mol. The fraction of sp³-hybridized carbons (Fsp3) is 0.364. The third-order valence-corrected chi connectivity index (χ3v) is 5.05. The van der Waals surface area contributed by atoms with Crippen molar-refractivity contribution >= 4 is 11.8 Å². The van der Waals surface area contributed by atoms with Crippen molar-refractivity contribution in [2.24, 2.45) is 0 Å². The van der Waals surface area contributed by atoms with Crippen LogP contribution in [0.1, 0.15) is 58.8 Å². The van der Waals surface area contributed by atoms with Crippen LogP contribution in [0.15, 0.2) is 48.5 Å². The number of halogens is 3. The summed E-state index contributed by atoms with van der Waals surface area (Å²) in [5.41, 5.74) is 1.80. The van der Waals surface area contributed by atoms with Gasteiger partial charge in [0.2, 0.25) is 5.91 Å². The van der Waals surface area contributed by atoms with Gasteiger partial charge in [-0.25, -0.2) is 0 Å². The molecule has 0 heterocycles. The number of hydrogen-bond donors (Lipinski definition) is 2. The molecule has 0 aromatic heterocycles. The summed E-state index contributed by atoms with van der Waals surface area (Å²) in [7, 11) is 0. The van der Waals surface area contributed by atoms with E-state index in [0.29, 0.717) is 6.42 Å². The molecule has 1 aliphatic rings. The molecule has 154 valence electrons. The molecule has 0 radical (unpaired) electrons. The van der Waals surface area contributed by atoms with Crippen LogP contribution in [-0.4, -0.2) is 18.4 Å². The first kappa shape index (κ1) is 20.9. The summed E-state index contributed by atoms with van der Waals surface area (Å²) >= 11 is 0. The van der Waals surface area contributed by atoms with Gasteiger partial charge < -0.3 is 10.6 Å². The minimum Gasteiger partial charge on any atom is -0.352 e. The Kier molecular flexibility index (Phi) is 6.56. The van der Waals surface area contributed by atoms with E-state index in [2.05, 4.69) is 16.7 Å². The maximum absolute atomic E-state index is 12.6. The number of nitrogens with one attached hydrogen (secondary N) is 2. The second-order valence-electron chi connectivity index (χ2n) is 7.15. The van der Waals surface area contributed by atoms with Crippen LogP contribution >= 0.6 is 0 Å². The van der Waals surface area contributed by atoms with E-state index in [-0.39, 0.29) is 30.5 Å². The summed E-state index contributed by atoms with van der Waals surface area (Å²) in [5, 5.41) is 5.69. The van der Waals surface area contributed by atoms with Gasteiger partial charge in [0.1, 0.15) is 0 Å². The van der Waals surface area contributed by atoms with Crippen LogP contribution in [-0.2, 0) is 17.4 Å². The fourth-order valence-electron chi connectivity index (χ4n) is 3.53. The molecule has 4 nitrogen and oxygen atoms in total. The Labute approximate surface area is 167 Å². The standard InChI is InChI=1S/C22H23F3N2O2/c23-22(24,25)17-12-10-16(11-13-17)21(29)26-14-4-9-20(28)27-19-8-3-6-15-5-1-2-7-18(15)19/h1-2,5,7,10-13,19H,3-4,6,8-9,14H2,(H,26,29)(H,27,28)/t19-/m1/s1. The van der Waals surface area contributed by atoms with Crippen molar-refractivity contribution in [1.29, 1.82) is 0 Å². The summed E-state index contributed by atoms with van der Waals surface area (Å²) in [5.74, 6) is -0.532. The van der Waals surface area contributed by atoms with Crippen molar-refractivity contribution in [2.75, 3.05) is 6.54 Å². The largest absolute Gasteiger partial charge is 0.416 e. The van der Waals surface area contributed by atoms with Gasteiger partial charge in [-0.3, -0.25) is 9.59 Å². The maximum atomic E-state index is 12.6. The van der Waals surface area contributed by atoms with Gasteiger partial charge in [-0.1, -0.05) is 24.3 Å². The van der Waals surface area contributed by atoms with E-state index in [1.165, 1.54) is 11.1 Å². The van der Waals surface area contributed by atoms with Crippen molar-refractivity contribution in [3.63, 3.8) is 0 Å². The molecule has 3 rings (SSSR count). The van der Waals surface area contributed by atoms with Crippen LogP contribution in [0.25, 0.3) is 0 Å². The highest BCUT2D eigenvalue weighted by molar-refractivity contribution is 5.94. The zero-order valence-corrected chi connectivity index (χ0v) is 15.9. The third-order valence-electron chi connectivity index (χ3n) is 5.05. The number of alkyl halides is 3. The van der Waals surface area contributed by atoms with Gasteiger partial charge in [0.05, 0.1) is 11.6 Å². The SMILES string of the molecule is O=C(CCCNC(=O)c1ccc(C(F)(F)F)cc1)N[C@@H]1CCCc2ccccc21. The van der Waals surface area contributed by atoms with Gasteiger partial charge in [-0.2, -0.15) is 13.2 Å². The Bertz CT molecular complexity index is 863. The Morgan fingerprint density at radius 1 is 1.03 bits per heavy atom. The van der Waals surface area contributed by atoms with E-state index in [1.54, 1.807) is 0 Å². The van der Waals surface area contributed by atoms with Crippen molar-refractivity contribution in [3.8, 4) is 0 Å². The van der Waals surface area contributed by atoms with Crippen LogP contribution in [0.2, 0.25) is 0 Å². The van der Waals surface area contributed by atoms with E-state index < -0.39 is 17.6 Å². The first-order valence-electron chi connectivity index (χ1n) is 9.67. The average molecular weight is 404 g/mol. The highest BCUT2D eigenvalue weighted by Crippen LogP contribution is 2.30. The average Bonchev–Trinajstić information content (AvgIpc) is 2.71.